The van der Waals surface area contributed by atoms with Crippen LogP contribution in [-0.4, -0.2) is 11.6 Å². The van der Waals surface area contributed by atoms with Crippen molar-refractivity contribution in [2.45, 2.75) is 11.3 Å². The fraction of sp³-hybridized carbons (Fsp3) is 0.0455. The fourth-order valence-electron chi connectivity index (χ4n) is 7.96. The standard InChI is InChI=1S/C44H28P2/c1-5-13-33-27(9-1)17-19-31-25-45-43(37-23-21-29-11-3-7-15-35(29)41(37)39(31)33)44-38-24-22-30-12-4-8-16-36(30)42(38)40-32(26-46-44)20-18-28-10-2-6-14-34(28)40/h1-26,43-44H. The molecule has 0 saturated carbocycles. The number of rotatable bonds is 1. The van der Waals surface area contributed by atoms with Crippen molar-refractivity contribution in [2.75, 3.05) is 0 Å². The first-order chi connectivity index (χ1) is 22.8. The van der Waals surface area contributed by atoms with E-state index in [1.807, 2.05) is 0 Å². The van der Waals surface area contributed by atoms with Gasteiger partial charge in [-0.15, -0.1) is 0 Å². The van der Waals surface area contributed by atoms with Gasteiger partial charge >= 0.3 is 0 Å². The Morgan fingerprint density at radius 1 is 0.304 bits per heavy atom. The van der Waals surface area contributed by atoms with E-state index in [9.17, 15) is 0 Å². The Balaban J connectivity index is 1.30. The van der Waals surface area contributed by atoms with Crippen LogP contribution in [0.2, 0.25) is 0 Å². The lowest BCUT2D eigenvalue weighted by Crippen LogP contribution is -2.05. The van der Waals surface area contributed by atoms with E-state index in [0.29, 0.717) is 0 Å². The number of benzene rings is 8. The second-order valence-corrected chi connectivity index (χ2v) is 14.7. The Hall–Kier alpha value is -4.86. The summed E-state index contributed by atoms with van der Waals surface area (Å²) in [6.07, 6.45) is 0. The Labute approximate surface area is 271 Å². The van der Waals surface area contributed by atoms with Crippen molar-refractivity contribution in [3.05, 3.63) is 168 Å². The summed E-state index contributed by atoms with van der Waals surface area (Å²) in [7, 11) is 2.66. The molecule has 0 spiro atoms. The van der Waals surface area contributed by atoms with Crippen molar-refractivity contribution in [3.8, 4) is 22.3 Å². The molecule has 2 atom stereocenters. The third kappa shape index (κ3) is 3.88. The van der Waals surface area contributed by atoms with Gasteiger partial charge in [0.05, 0.1) is 0 Å². The molecule has 0 fully saturated rings. The molecule has 10 rings (SSSR count). The van der Waals surface area contributed by atoms with Crippen molar-refractivity contribution >= 4 is 71.1 Å². The Morgan fingerprint density at radius 2 is 0.630 bits per heavy atom. The molecule has 0 amide bonds. The maximum Gasteiger partial charge on any atom is 0.0410 e. The van der Waals surface area contributed by atoms with E-state index in [4.69, 9.17) is 0 Å². The Morgan fingerprint density at radius 3 is 1.02 bits per heavy atom. The Kier molecular flexibility index (Phi) is 5.92. The molecular formula is C44H28P2. The molecule has 2 heteroatoms. The van der Waals surface area contributed by atoms with Crippen LogP contribution in [0.5, 0.6) is 0 Å². The topological polar surface area (TPSA) is 0 Å². The van der Waals surface area contributed by atoms with Crippen molar-refractivity contribution in [1.29, 1.82) is 0 Å². The summed E-state index contributed by atoms with van der Waals surface area (Å²) in [4.78, 5) is 0. The Bertz CT molecular complexity index is 2430. The highest BCUT2D eigenvalue weighted by atomic mass is 31.1. The minimum atomic E-state index is 0.282. The van der Waals surface area contributed by atoms with Crippen molar-refractivity contribution in [2.24, 2.45) is 0 Å². The first-order valence-electron chi connectivity index (χ1n) is 16.0. The largest absolute Gasteiger partial charge is 0.0943 e. The van der Waals surface area contributed by atoms with Gasteiger partial charge in [-0.3, -0.25) is 0 Å². The maximum absolute atomic E-state index is 2.50. The molecule has 0 bridgehead atoms. The smallest absolute Gasteiger partial charge is 0.0410 e. The van der Waals surface area contributed by atoms with Crippen LogP contribution in [0.25, 0.3) is 65.3 Å². The molecule has 2 aliphatic rings. The lowest BCUT2D eigenvalue weighted by atomic mass is 9.83. The van der Waals surface area contributed by atoms with E-state index >= 15 is 0 Å². The summed E-state index contributed by atoms with van der Waals surface area (Å²) >= 11 is 0. The predicted molar refractivity (Wildman–Crippen MR) is 203 cm³/mol. The highest BCUT2D eigenvalue weighted by Crippen LogP contribution is 2.57. The van der Waals surface area contributed by atoms with Crippen LogP contribution in [0.15, 0.2) is 146 Å². The summed E-state index contributed by atoms with van der Waals surface area (Å²) < 4.78 is 0. The van der Waals surface area contributed by atoms with Gasteiger partial charge in [-0.1, -0.05) is 162 Å². The maximum atomic E-state index is 2.50. The molecular weight excluding hydrogens is 590 g/mol. The molecule has 2 unspecified atom stereocenters. The minimum Gasteiger partial charge on any atom is -0.0943 e. The normalized spacial score (nSPS) is 17.2. The molecule has 8 aromatic rings. The first-order valence-corrected chi connectivity index (χ1v) is 18.0. The van der Waals surface area contributed by atoms with E-state index in [2.05, 4.69) is 157 Å². The molecule has 0 aliphatic carbocycles. The molecule has 0 nitrogen and oxygen atoms in total. The van der Waals surface area contributed by atoms with Crippen LogP contribution in [0.1, 0.15) is 33.6 Å². The molecule has 0 N–H and O–H groups in total. The predicted octanol–water partition coefficient (Wildman–Crippen LogP) is 12.6. The minimum absolute atomic E-state index is 0.282. The monoisotopic (exact) mass is 618 g/mol. The quantitative estimate of drug-likeness (QED) is 0.161. The van der Waals surface area contributed by atoms with E-state index in [-0.39, 0.29) is 11.3 Å². The molecule has 8 aromatic carbocycles. The molecule has 0 saturated heterocycles. The van der Waals surface area contributed by atoms with Gasteiger partial charge in [0, 0.05) is 11.3 Å². The molecule has 2 heterocycles. The summed E-state index contributed by atoms with van der Waals surface area (Å²) in [5.74, 6) is 5.01. The summed E-state index contributed by atoms with van der Waals surface area (Å²) in [6, 6.07) is 54.6. The lowest BCUT2D eigenvalue weighted by molar-refractivity contribution is 0.913. The lowest BCUT2D eigenvalue weighted by Gasteiger charge is -2.26. The highest BCUT2D eigenvalue weighted by Gasteiger charge is 2.32. The van der Waals surface area contributed by atoms with Crippen LogP contribution in [0.3, 0.4) is 0 Å². The third-order valence-electron chi connectivity index (χ3n) is 10.0. The molecule has 46 heavy (non-hydrogen) atoms. The summed E-state index contributed by atoms with van der Waals surface area (Å²) in [6.45, 7) is 0. The van der Waals surface area contributed by atoms with Gasteiger partial charge in [0.2, 0.25) is 0 Å². The van der Waals surface area contributed by atoms with Crippen LogP contribution in [-0.2, 0) is 0 Å². The van der Waals surface area contributed by atoms with E-state index in [1.54, 1.807) is 0 Å². The third-order valence-corrected chi connectivity index (χ3v) is 12.9. The van der Waals surface area contributed by atoms with Crippen molar-refractivity contribution < 1.29 is 0 Å². The number of fused-ring (bicyclic) bond motifs is 14. The van der Waals surface area contributed by atoms with Crippen LogP contribution in [0.4, 0.5) is 0 Å². The number of hydrogen-bond acceptors (Lipinski definition) is 0. The van der Waals surface area contributed by atoms with Crippen LogP contribution < -0.4 is 0 Å². The van der Waals surface area contributed by atoms with E-state index in [1.165, 1.54) is 104 Å². The van der Waals surface area contributed by atoms with Crippen molar-refractivity contribution in [1.82, 2.24) is 0 Å². The van der Waals surface area contributed by atoms with Crippen LogP contribution >= 0.6 is 16.4 Å². The second-order valence-electron chi connectivity index (χ2n) is 12.4. The second kappa shape index (κ2) is 10.3. The van der Waals surface area contributed by atoms with Gasteiger partial charge in [0.25, 0.3) is 0 Å². The molecule has 2 aliphatic heterocycles. The zero-order valence-electron chi connectivity index (χ0n) is 25.1. The zero-order valence-corrected chi connectivity index (χ0v) is 26.8. The number of hydrogen-bond donors (Lipinski definition) is 0. The average molecular weight is 619 g/mol. The van der Waals surface area contributed by atoms with E-state index in [0.717, 1.165) is 0 Å². The summed E-state index contributed by atoms with van der Waals surface area (Å²) in [5, 5.41) is 10.5. The van der Waals surface area contributed by atoms with Gasteiger partial charge in [0.15, 0.2) is 0 Å². The van der Waals surface area contributed by atoms with Crippen LogP contribution in [0, 0.1) is 0 Å². The fourth-order valence-corrected chi connectivity index (χ4v) is 10.9. The first kappa shape index (κ1) is 26.4. The van der Waals surface area contributed by atoms with Gasteiger partial charge < -0.3 is 0 Å². The molecule has 214 valence electrons. The van der Waals surface area contributed by atoms with Gasteiger partial charge in [0.1, 0.15) is 0 Å². The van der Waals surface area contributed by atoms with Gasteiger partial charge in [-0.05, 0) is 99.2 Å². The van der Waals surface area contributed by atoms with E-state index < -0.39 is 0 Å². The van der Waals surface area contributed by atoms with Crippen molar-refractivity contribution in [3.63, 3.8) is 0 Å². The average Bonchev–Trinajstić information content (AvgIpc) is 3.40. The van der Waals surface area contributed by atoms with Gasteiger partial charge in [-0.2, -0.15) is 0 Å². The molecule has 0 radical (unpaired) electrons. The highest BCUT2D eigenvalue weighted by molar-refractivity contribution is 7.44. The van der Waals surface area contributed by atoms with Gasteiger partial charge in [-0.25, -0.2) is 0 Å². The zero-order chi connectivity index (χ0) is 30.2. The summed E-state index contributed by atoms with van der Waals surface area (Å²) in [5.41, 5.74) is 11.7. The SMILES string of the molecule is C1=PC(C2P=Cc3ccc4ccccc4c3-c3c2ccc2ccccc32)c2ccc3ccccc3c2-c2c1ccc1ccccc21. The molecule has 0 aromatic heterocycles.